The van der Waals surface area contributed by atoms with Crippen molar-refractivity contribution >= 4 is 68.7 Å². The molecule has 16 heteroatoms. The van der Waals surface area contributed by atoms with Crippen LogP contribution in [0.25, 0.3) is 10.8 Å². The van der Waals surface area contributed by atoms with Crippen LogP contribution in [0.5, 0.6) is 0 Å². The summed E-state index contributed by atoms with van der Waals surface area (Å²) >= 11 is 12.2. The van der Waals surface area contributed by atoms with E-state index in [9.17, 15) is 19.2 Å². The first-order chi connectivity index (χ1) is 28.6. The van der Waals surface area contributed by atoms with Crippen molar-refractivity contribution in [2.24, 2.45) is 0 Å². The summed E-state index contributed by atoms with van der Waals surface area (Å²) in [6.45, 7) is 6.06. The van der Waals surface area contributed by atoms with Gasteiger partial charge in [0.1, 0.15) is 24.6 Å². The molecule has 0 fully saturated rings. The smallest absolute Gasteiger partial charge is 0.359 e. The van der Waals surface area contributed by atoms with Gasteiger partial charge in [-0.05, 0) is 44.5 Å². The van der Waals surface area contributed by atoms with Crippen LogP contribution in [0, 0.1) is 6.92 Å². The number of esters is 2. The predicted molar refractivity (Wildman–Crippen MR) is 227 cm³/mol. The largest absolute Gasteiger partial charge is 0.456 e. The topological polar surface area (TPSA) is 172 Å². The second kappa shape index (κ2) is 19.5. The summed E-state index contributed by atoms with van der Waals surface area (Å²) in [4.78, 5) is 58.8. The average Bonchev–Trinajstić information content (AvgIpc) is 3.25. The molecular weight excluding hydrogens is 795 g/mol. The summed E-state index contributed by atoms with van der Waals surface area (Å²) in [5, 5.41) is 17.2. The monoisotopic (exact) mass is 832 g/mol. The number of pyridine rings is 2. The summed E-state index contributed by atoms with van der Waals surface area (Å²) in [5.41, 5.74) is 3.39. The van der Waals surface area contributed by atoms with Gasteiger partial charge in [0, 0.05) is 69.6 Å². The van der Waals surface area contributed by atoms with Crippen LogP contribution in [-0.4, -0.2) is 41.5 Å². The molecule has 0 amide bonds. The number of nitrogens with zero attached hydrogens (tertiary/aromatic N) is 6. The van der Waals surface area contributed by atoms with Crippen molar-refractivity contribution in [3.05, 3.63) is 175 Å². The van der Waals surface area contributed by atoms with E-state index < -0.39 is 11.9 Å². The number of anilines is 4. The van der Waals surface area contributed by atoms with Crippen LogP contribution in [-0.2, 0) is 35.8 Å². The van der Waals surface area contributed by atoms with Gasteiger partial charge in [0.15, 0.2) is 11.4 Å². The van der Waals surface area contributed by atoms with Crippen molar-refractivity contribution in [1.82, 2.24) is 29.5 Å². The third-order valence-electron chi connectivity index (χ3n) is 8.85. The number of ether oxygens (including phenoxy) is 2. The fourth-order valence-corrected chi connectivity index (χ4v) is 6.04. The van der Waals surface area contributed by atoms with Gasteiger partial charge in [-0.25, -0.2) is 19.0 Å². The van der Waals surface area contributed by atoms with Gasteiger partial charge < -0.3 is 20.1 Å². The van der Waals surface area contributed by atoms with E-state index in [1.54, 1.807) is 75.0 Å². The van der Waals surface area contributed by atoms with Crippen LogP contribution in [0.4, 0.5) is 22.7 Å². The van der Waals surface area contributed by atoms with Gasteiger partial charge in [-0.3, -0.25) is 19.6 Å². The van der Waals surface area contributed by atoms with E-state index in [2.05, 4.69) is 30.8 Å². The van der Waals surface area contributed by atoms with Crippen LogP contribution < -0.4 is 21.8 Å². The number of fused-ring (bicyclic) bond motifs is 1. The van der Waals surface area contributed by atoms with Crippen molar-refractivity contribution in [2.45, 2.75) is 47.1 Å². The first-order valence-electron chi connectivity index (χ1n) is 18.4. The Morgan fingerprint density at radius 2 is 1.12 bits per heavy atom. The Kier molecular flexibility index (Phi) is 13.8. The highest BCUT2D eigenvalue weighted by molar-refractivity contribution is 6.31. The molecule has 7 rings (SSSR count). The maximum Gasteiger partial charge on any atom is 0.359 e. The van der Waals surface area contributed by atoms with E-state index in [4.69, 9.17) is 32.7 Å². The molecular formula is C43H38Cl2N8O6. The Morgan fingerprint density at radius 3 is 1.64 bits per heavy atom. The summed E-state index contributed by atoms with van der Waals surface area (Å²) in [7, 11) is 0. The van der Waals surface area contributed by atoms with Crippen LogP contribution in [0.15, 0.2) is 125 Å². The Morgan fingerprint density at radius 1 is 0.627 bits per heavy atom. The highest BCUT2D eigenvalue weighted by Crippen LogP contribution is 2.25. The van der Waals surface area contributed by atoms with Gasteiger partial charge >= 0.3 is 11.9 Å². The maximum atomic E-state index is 12.8. The van der Waals surface area contributed by atoms with Crippen molar-refractivity contribution < 1.29 is 19.1 Å². The first-order valence-corrected chi connectivity index (χ1v) is 19.1. The number of carbonyl (C=O) groups is 2. The highest BCUT2D eigenvalue weighted by atomic mass is 35.5. The molecule has 0 spiro atoms. The minimum atomic E-state index is -0.652. The minimum Gasteiger partial charge on any atom is -0.456 e. The molecule has 0 unspecified atom stereocenters. The van der Waals surface area contributed by atoms with E-state index in [0.717, 1.165) is 16.3 Å². The van der Waals surface area contributed by atoms with E-state index in [-0.39, 0.29) is 47.1 Å². The zero-order valence-electron chi connectivity index (χ0n) is 32.2. The summed E-state index contributed by atoms with van der Waals surface area (Å²) in [6, 6.07) is 26.5. The molecule has 0 bridgehead atoms. The fraction of sp³-hybridized carbons (Fsp3) is 0.163. The second-order valence-electron chi connectivity index (χ2n) is 12.8. The molecule has 3 aromatic carbocycles. The van der Waals surface area contributed by atoms with Crippen LogP contribution in [0.1, 0.15) is 51.5 Å². The third-order valence-corrected chi connectivity index (χ3v) is 9.58. The molecule has 0 radical (unpaired) electrons. The number of rotatable bonds is 12. The molecule has 2 N–H and O–H groups in total. The number of halogens is 2. The number of aryl methyl sites for hydroxylation is 3. The van der Waals surface area contributed by atoms with Gasteiger partial charge in [0.2, 0.25) is 0 Å². The molecule has 0 aliphatic carbocycles. The molecule has 4 heterocycles. The molecule has 0 aliphatic heterocycles. The second-order valence-corrected chi connectivity index (χ2v) is 13.6. The lowest BCUT2D eigenvalue weighted by molar-refractivity contribution is 0.0454. The minimum absolute atomic E-state index is 0.00143. The molecule has 300 valence electrons. The normalized spacial score (nSPS) is 10.7. The highest BCUT2D eigenvalue weighted by Gasteiger charge is 2.18. The summed E-state index contributed by atoms with van der Waals surface area (Å²) in [5.74, 6) is -1.30. The maximum absolute atomic E-state index is 12.8. The quantitative estimate of drug-likeness (QED) is 0.113. The third kappa shape index (κ3) is 10.3. The van der Waals surface area contributed by atoms with Gasteiger partial charge in [-0.2, -0.15) is 10.2 Å². The lowest BCUT2D eigenvalue weighted by atomic mass is 10.1. The molecule has 4 aromatic heterocycles. The molecule has 0 aliphatic rings. The number of hydrogen-bond donors (Lipinski definition) is 2. The van der Waals surface area contributed by atoms with Crippen molar-refractivity contribution in [3.63, 3.8) is 0 Å². The SMILES string of the molecule is CCn1nc(C(=O)OCc2ccccc2Cl)cc(Nc2cncc3ccccc23)c1=O.CCn1nc(C(=O)OCc2ccccc2Cl)cc(Nc2cnccc2C)c1=O. The number of aromatic nitrogens is 6. The Labute approximate surface area is 348 Å². The van der Waals surface area contributed by atoms with Crippen LogP contribution in [0.2, 0.25) is 10.0 Å². The molecule has 14 nitrogen and oxygen atoms in total. The van der Waals surface area contributed by atoms with E-state index in [1.807, 2.05) is 49.4 Å². The first kappa shape index (κ1) is 41.7. The number of benzene rings is 3. The van der Waals surface area contributed by atoms with Crippen LogP contribution in [0.3, 0.4) is 0 Å². The van der Waals surface area contributed by atoms with E-state index >= 15 is 0 Å². The fourth-order valence-electron chi connectivity index (χ4n) is 5.66. The van der Waals surface area contributed by atoms with Gasteiger partial charge in [-0.15, -0.1) is 0 Å². The molecule has 0 saturated carbocycles. The predicted octanol–water partition coefficient (Wildman–Crippen LogP) is 8.29. The van der Waals surface area contributed by atoms with E-state index in [1.165, 1.54) is 21.5 Å². The molecule has 59 heavy (non-hydrogen) atoms. The zero-order chi connectivity index (χ0) is 41.9. The standard InChI is InChI=1S/C23H19ClN4O3.C20H19ClN4O3/c1-2-28-22(29)19(26-21-13-25-12-15-7-3-5-9-17(15)21)11-20(27-28)23(30)31-14-16-8-4-6-10-18(16)24;1-3-25-19(26)16(23-18-11-22-9-8-13(18)2)10-17(24-25)20(27)28-12-14-6-4-5-7-15(14)21/h3-13,26H,2,14H2,1H3;4-11,23H,3,12H2,1-2H3. The summed E-state index contributed by atoms with van der Waals surface area (Å²) in [6.07, 6.45) is 6.65. The Bertz CT molecular complexity index is 2750. The number of carbonyl (C=O) groups excluding carboxylic acids is 2. The van der Waals surface area contributed by atoms with Gasteiger partial charge in [0.05, 0.1) is 23.8 Å². The van der Waals surface area contributed by atoms with Crippen molar-refractivity contribution in [1.29, 1.82) is 0 Å². The average molecular weight is 834 g/mol. The van der Waals surface area contributed by atoms with Crippen molar-refractivity contribution in [3.8, 4) is 0 Å². The van der Waals surface area contributed by atoms with Crippen LogP contribution >= 0.6 is 23.2 Å². The molecule has 0 atom stereocenters. The zero-order valence-corrected chi connectivity index (χ0v) is 33.7. The number of nitrogens with one attached hydrogen (secondary N) is 2. The lowest BCUT2D eigenvalue weighted by Gasteiger charge is -2.12. The Hall–Kier alpha value is -6.90. The summed E-state index contributed by atoms with van der Waals surface area (Å²) < 4.78 is 13.1. The lowest BCUT2D eigenvalue weighted by Crippen LogP contribution is -2.27. The number of hydrogen-bond acceptors (Lipinski definition) is 12. The Balaban J connectivity index is 0.000000199. The van der Waals surface area contributed by atoms with E-state index in [0.29, 0.717) is 45.6 Å². The molecule has 7 aromatic rings. The van der Waals surface area contributed by atoms with Gasteiger partial charge in [-0.1, -0.05) is 83.9 Å². The van der Waals surface area contributed by atoms with Gasteiger partial charge in [0.25, 0.3) is 11.1 Å². The molecule has 0 saturated heterocycles. The van der Waals surface area contributed by atoms with Crippen molar-refractivity contribution in [2.75, 3.05) is 10.6 Å².